The summed E-state index contributed by atoms with van der Waals surface area (Å²) in [7, 11) is 0. The standard InChI is InChI=1S/C25H21FN2O4/c1-2-32-20-7-3-6-18(13-20)23(29)21-22(17-8-10-19(26)11-9-17)28(25(31)24(21)30)15-16-5-4-12-27-14-16/h3-14,22,29H,2,15H2,1H3/b23-21+. The molecule has 2 aromatic carbocycles. The molecule has 162 valence electrons. The van der Waals surface area contributed by atoms with E-state index in [2.05, 4.69) is 4.98 Å². The van der Waals surface area contributed by atoms with Crippen molar-refractivity contribution < 1.29 is 23.8 Å². The van der Waals surface area contributed by atoms with E-state index in [-0.39, 0.29) is 17.9 Å². The molecule has 1 aromatic heterocycles. The van der Waals surface area contributed by atoms with Crippen molar-refractivity contribution in [3.8, 4) is 5.75 Å². The van der Waals surface area contributed by atoms with Crippen molar-refractivity contribution in [3.63, 3.8) is 0 Å². The second kappa shape index (κ2) is 9.01. The van der Waals surface area contributed by atoms with Crippen molar-refractivity contribution in [2.75, 3.05) is 6.61 Å². The Labute approximate surface area is 184 Å². The average Bonchev–Trinajstić information content (AvgIpc) is 3.05. The van der Waals surface area contributed by atoms with Gasteiger partial charge in [0.2, 0.25) is 0 Å². The minimum Gasteiger partial charge on any atom is -0.507 e. The molecule has 2 heterocycles. The van der Waals surface area contributed by atoms with Crippen LogP contribution in [0.15, 0.2) is 78.6 Å². The highest BCUT2D eigenvalue weighted by molar-refractivity contribution is 6.46. The van der Waals surface area contributed by atoms with Crippen molar-refractivity contribution in [3.05, 3.63) is 101 Å². The van der Waals surface area contributed by atoms with Crippen LogP contribution in [-0.4, -0.2) is 33.3 Å². The summed E-state index contributed by atoms with van der Waals surface area (Å²) in [6.45, 7) is 2.39. The number of ketones is 1. The molecule has 1 unspecified atom stereocenters. The topological polar surface area (TPSA) is 79.7 Å². The summed E-state index contributed by atoms with van der Waals surface area (Å²) in [6.07, 6.45) is 3.22. The number of halogens is 1. The van der Waals surface area contributed by atoms with Crippen LogP contribution in [0.25, 0.3) is 5.76 Å². The second-order valence-electron chi connectivity index (χ2n) is 7.30. The minimum absolute atomic E-state index is 0.0563. The third kappa shape index (κ3) is 4.09. The Morgan fingerprint density at radius 1 is 1.12 bits per heavy atom. The van der Waals surface area contributed by atoms with Crippen molar-refractivity contribution in [1.29, 1.82) is 0 Å². The van der Waals surface area contributed by atoms with Crippen LogP contribution in [0.3, 0.4) is 0 Å². The molecule has 1 N–H and O–H groups in total. The van der Waals surface area contributed by atoms with Gasteiger partial charge in [-0.2, -0.15) is 0 Å². The van der Waals surface area contributed by atoms with Gasteiger partial charge in [-0.3, -0.25) is 14.6 Å². The highest BCUT2D eigenvalue weighted by Crippen LogP contribution is 2.40. The molecule has 7 heteroatoms. The molecule has 1 amide bonds. The molecule has 1 atom stereocenters. The molecule has 1 saturated heterocycles. The SMILES string of the molecule is CCOc1cccc(/C(O)=C2\C(=O)C(=O)N(Cc3cccnc3)C2c2ccc(F)cc2)c1. The highest BCUT2D eigenvalue weighted by atomic mass is 19.1. The summed E-state index contributed by atoms with van der Waals surface area (Å²) >= 11 is 0. The van der Waals surface area contributed by atoms with E-state index in [1.807, 2.05) is 6.92 Å². The number of ether oxygens (including phenoxy) is 1. The van der Waals surface area contributed by atoms with Crippen LogP contribution in [0.5, 0.6) is 5.75 Å². The number of pyridine rings is 1. The largest absolute Gasteiger partial charge is 0.507 e. The van der Waals surface area contributed by atoms with Gasteiger partial charge in [0.15, 0.2) is 0 Å². The maximum atomic E-state index is 13.6. The van der Waals surface area contributed by atoms with E-state index in [4.69, 9.17) is 4.74 Å². The zero-order chi connectivity index (χ0) is 22.7. The summed E-state index contributed by atoms with van der Waals surface area (Å²) in [4.78, 5) is 31.5. The number of nitrogens with zero attached hydrogens (tertiary/aromatic N) is 2. The first-order chi connectivity index (χ1) is 15.5. The quantitative estimate of drug-likeness (QED) is 0.358. The molecule has 4 rings (SSSR count). The molecule has 0 aliphatic carbocycles. The summed E-state index contributed by atoms with van der Waals surface area (Å²) in [5.41, 5.74) is 1.53. The summed E-state index contributed by atoms with van der Waals surface area (Å²) < 4.78 is 19.1. The van der Waals surface area contributed by atoms with Crippen LogP contribution in [0.1, 0.15) is 29.7 Å². The molecule has 1 aliphatic rings. The Hall–Kier alpha value is -4.00. The molecule has 1 aliphatic heterocycles. The molecule has 0 bridgehead atoms. The monoisotopic (exact) mass is 432 g/mol. The van der Waals surface area contributed by atoms with Crippen LogP contribution in [0, 0.1) is 5.82 Å². The maximum Gasteiger partial charge on any atom is 0.295 e. The molecule has 0 saturated carbocycles. The first kappa shape index (κ1) is 21.2. The molecule has 1 fully saturated rings. The lowest BCUT2D eigenvalue weighted by atomic mass is 9.95. The minimum atomic E-state index is -0.883. The third-order valence-corrected chi connectivity index (χ3v) is 5.22. The Balaban J connectivity index is 1.84. The van der Waals surface area contributed by atoms with Crippen molar-refractivity contribution in [2.45, 2.75) is 19.5 Å². The number of amides is 1. The lowest BCUT2D eigenvalue weighted by Gasteiger charge is -2.25. The van der Waals surface area contributed by atoms with Gasteiger partial charge in [-0.25, -0.2) is 4.39 Å². The van der Waals surface area contributed by atoms with E-state index in [0.29, 0.717) is 23.5 Å². The van der Waals surface area contributed by atoms with Gasteiger partial charge in [0.05, 0.1) is 18.2 Å². The number of hydrogen-bond acceptors (Lipinski definition) is 5. The molecule has 0 radical (unpaired) electrons. The number of rotatable bonds is 6. The van der Waals surface area contributed by atoms with Gasteiger partial charge >= 0.3 is 0 Å². The van der Waals surface area contributed by atoms with E-state index < -0.39 is 23.5 Å². The highest BCUT2D eigenvalue weighted by Gasteiger charge is 2.46. The van der Waals surface area contributed by atoms with Gasteiger partial charge in [-0.15, -0.1) is 0 Å². The molecule has 32 heavy (non-hydrogen) atoms. The fourth-order valence-electron chi connectivity index (χ4n) is 3.78. The van der Waals surface area contributed by atoms with Crippen LogP contribution in [0.4, 0.5) is 4.39 Å². The van der Waals surface area contributed by atoms with Crippen molar-refractivity contribution >= 4 is 17.4 Å². The van der Waals surface area contributed by atoms with Gasteiger partial charge < -0.3 is 14.7 Å². The summed E-state index contributed by atoms with van der Waals surface area (Å²) in [5, 5.41) is 11.1. The number of likely N-dealkylation sites (tertiary alicyclic amines) is 1. The zero-order valence-electron chi connectivity index (χ0n) is 17.4. The summed E-state index contributed by atoms with van der Waals surface area (Å²) in [5.74, 6) is -1.78. The average molecular weight is 432 g/mol. The predicted molar refractivity (Wildman–Crippen MR) is 116 cm³/mol. The maximum absolute atomic E-state index is 13.6. The number of aromatic nitrogens is 1. The summed E-state index contributed by atoms with van der Waals surface area (Å²) in [6, 6.07) is 14.8. The van der Waals surface area contributed by atoms with Crippen molar-refractivity contribution in [2.24, 2.45) is 0 Å². The van der Waals surface area contributed by atoms with Crippen LogP contribution in [-0.2, 0) is 16.1 Å². The van der Waals surface area contributed by atoms with Gasteiger partial charge in [0.25, 0.3) is 11.7 Å². The van der Waals surface area contributed by atoms with E-state index in [9.17, 15) is 19.1 Å². The predicted octanol–water partition coefficient (Wildman–Crippen LogP) is 4.24. The van der Waals surface area contributed by atoms with Crippen molar-refractivity contribution in [1.82, 2.24) is 9.88 Å². The first-order valence-corrected chi connectivity index (χ1v) is 10.2. The Bertz CT molecular complexity index is 1180. The molecule has 6 nitrogen and oxygen atoms in total. The normalized spacial score (nSPS) is 17.6. The van der Waals surface area contributed by atoms with Gasteiger partial charge in [0.1, 0.15) is 17.3 Å². The fraction of sp³-hybridized carbons (Fsp3) is 0.160. The lowest BCUT2D eigenvalue weighted by molar-refractivity contribution is -0.140. The number of aliphatic hydroxyl groups excluding tert-OH is 1. The second-order valence-corrected chi connectivity index (χ2v) is 7.30. The van der Waals surface area contributed by atoms with Crippen LogP contribution < -0.4 is 4.74 Å². The van der Waals surface area contributed by atoms with Crippen LogP contribution in [0.2, 0.25) is 0 Å². The number of hydrogen-bond donors (Lipinski definition) is 1. The number of carbonyl (C=O) groups excluding carboxylic acids is 2. The molecule has 3 aromatic rings. The number of Topliss-reactive ketones (excluding diaryl/α,β-unsaturated/α-hetero) is 1. The fourth-order valence-corrected chi connectivity index (χ4v) is 3.78. The zero-order valence-corrected chi connectivity index (χ0v) is 17.4. The Morgan fingerprint density at radius 3 is 2.59 bits per heavy atom. The smallest absolute Gasteiger partial charge is 0.295 e. The van der Waals surface area contributed by atoms with E-state index in [1.54, 1.807) is 48.8 Å². The van der Waals surface area contributed by atoms with E-state index >= 15 is 0 Å². The Kier molecular flexibility index (Phi) is 5.98. The van der Waals surface area contributed by atoms with Gasteiger partial charge in [0, 0.05) is 24.5 Å². The van der Waals surface area contributed by atoms with E-state index in [0.717, 1.165) is 5.56 Å². The molecular weight excluding hydrogens is 411 g/mol. The molecular formula is C25H21FN2O4. The van der Waals surface area contributed by atoms with Crippen LogP contribution >= 0.6 is 0 Å². The molecule has 0 spiro atoms. The lowest BCUT2D eigenvalue weighted by Crippen LogP contribution is -2.29. The van der Waals surface area contributed by atoms with Gasteiger partial charge in [-0.05, 0) is 48.4 Å². The number of aliphatic hydroxyl groups is 1. The Morgan fingerprint density at radius 2 is 1.91 bits per heavy atom. The van der Waals surface area contributed by atoms with Gasteiger partial charge in [-0.1, -0.05) is 30.3 Å². The third-order valence-electron chi connectivity index (χ3n) is 5.22. The first-order valence-electron chi connectivity index (χ1n) is 10.2. The number of benzene rings is 2. The number of carbonyl (C=O) groups is 2. The van der Waals surface area contributed by atoms with E-state index in [1.165, 1.54) is 29.2 Å².